The number of fused-ring (bicyclic) bond motifs is 1. The molecule has 2 aromatic carbocycles. The van der Waals surface area contributed by atoms with E-state index in [-0.39, 0.29) is 6.61 Å². The number of benzene rings is 2. The van der Waals surface area contributed by atoms with Crippen molar-refractivity contribution >= 4 is 0 Å². The number of nitrogens with zero attached hydrogens (tertiary/aromatic N) is 3. The van der Waals surface area contributed by atoms with Crippen LogP contribution in [0.4, 0.5) is 13.2 Å². The van der Waals surface area contributed by atoms with Gasteiger partial charge in [0.15, 0.2) is 24.1 Å². The summed E-state index contributed by atoms with van der Waals surface area (Å²) in [6.45, 7) is 0.0624. The average Bonchev–Trinajstić information content (AvgIpc) is 2.78. The van der Waals surface area contributed by atoms with Crippen molar-refractivity contribution < 1.29 is 36.9 Å². The van der Waals surface area contributed by atoms with Crippen molar-refractivity contribution in [1.82, 2.24) is 0 Å². The zero-order chi connectivity index (χ0) is 22.0. The Balaban J connectivity index is 1.70. The van der Waals surface area contributed by atoms with Gasteiger partial charge < -0.3 is 23.7 Å². The first kappa shape index (κ1) is 21.4. The molecule has 164 valence electrons. The van der Waals surface area contributed by atoms with Crippen LogP contribution in [0.3, 0.4) is 0 Å². The van der Waals surface area contributed by atoms with Gasteiger partial charge in [0.2, 0.25) is 5.82 Å². The Bertz CT molecular complexity index is 976. The van der Waals surface area contributed by atoms with Gasteiger partial charge in [-0.15, -0.1) is 0 Å². The normalized spacial score (nSPS) is 30.2. The van der Waals surface area contributed by atoms with Crippen LogP contribution in [0.1, 0.15) is 11.9 Å². The van der Waals surface area contributed by atoms with E-state index in [1.807, 2.05) is 6.07 Å². The van der Waals surface area contributed by atoms with Crippen LogP contribution in [0.5, 0.6) is 5.75 Å². The lowest BCUT2D eigenvalue weighted by atomic mass is 9.96. The molecule has 11 heteroatoms. The fraction of sp³-hybridized carbons (Fsp3) is 0.400. The van der Waals surface area contributed by atoms with Gasteiger partial charge in [0.25, 0.3) is 0 Å². The van der Waals surface area contributed by atoms with Crippen molar-refractivity contribution in [1.29, 1.82) is 0 Å². The maximum absolute atomic E-state index is 14.3. The highest BCUT2D eigenvalue weighted by Crippen LogP contribution is 2.37. The first-order valence-corrected chi connectivity index (χ1v) is 9.37. The van der Waals surface area contributed by atoms with E-state index in [1.165, 1.54) is 7.11 Å². The maximum Gasteiger partial charge on any atom is 0.200 e. The van der Waals surface area contributed by atoms with E-state index in [1.54, 1.807) is 24.3 Å². The lowest BCUT2D eigenvalue weighted by Gasteiger charge is -2.47. The minimum absolute atomic E-state index is 0.0624. The lowest BCUT2D eigenvalue weighted by Crippen LogP contribution is -2.63. The molecule has 0 spiro atoms. The number of halogens is 3. The molecule has 0 saturated carbocycles. The maximum atomic E-state index is 14.3. The summed E-state index contributed by atoms with van der Waals surface area (Å²) in [5.74, 6) is -4.53. The minimum Gasteiger partial charge on any atom is -0.484 e. The van der Waals surface area contributed by atoms with Crippen LogP contribution in [0, 0.1) is 17.5 Å². The van der Waals surface area contributed by atoms with Gasteiger partial charge in [0, 0.05) is 29.7 Å². The molecule has 0 bridgehead atoms. The summed E-state index contributed by atoms with van der Waals surface area (Å²) in [5.41, 5.74) is 9.72. The highest BCUT2D eigenvalue weighted by Gasteiger charge is 2.51. The van der Waals surface area contributed by atoms with Gasteiger partial charge in [-0.05, 0) is 5.53 Å². The Kier molecular flexibility index (Phi) is 6.30. The van der Waals surface area contributed by atoms with E-state index >= 15 is 0 Å². The molecule has 6 atom stereocenters. The van der Waals surface area contributed by atoms with Gasteiger partial charge >= 0.3 is 0 Å². The number of azide groups is 1. The molecular formula is C20H18F3N3O5. The SMILES string of the molecule is CO[C@@H]1O[C@@H]2COC(c3ccccc3)O[C@H]2[C@H](Oc2cc(F)cc(F)c2F)[C@H]1N=[N+]=[N-]. The Labute approximate surface area is 175 Å². The molecule has 8 nitrogen and oxygen atoms in total. The predicted octanol–water partition coefficient (Wildman–Crippen LogP) is 4.02. The number of rotatable bonds is 5. The summed E-state index contributed by atoms with van der Waals surface area (Å²) in [4.78, 5) is 2.78. The quantitative estimate of drug-likeness (QED) is 0.305. The first-order valence-electron chi connectivity index (χ1n) is 9.37. The molecule has 2 aliphatic heterocycles. The summed E-state index contributed by atoms with van der Waals surface area (Å²) in [6, 6.07) is 8.95. The second-order valence-electron chi connectivity index (χ2n) is 6.93. The van der Waals surface area contributed by atoms with Crippen LogP contribution >= 0.6 is 0 Å². The largest absolute Gasteiger partial charge is 0.484 e. The highest BCUT2D eigenvalue weighted by molar-refractivity contribution is 5.27. The molecule has 4 rings (SSSR count). The minimum atomic E-state index is -1.42. The molecule has 2 aliphatic rings. The molecule has 0 radical (unpaired) electrons. The molecule has 0 N–H and O–H groups in total. The first-order chi connectivity index (χ1) is 15.0. The third-order valence-electron chi connectivity index (χ3n) is 5.02. The number of ether oxygens (including phenoxy) is 5. The van der Waals surface area contributed by atoms with Crippen LogP contribution in [0.2, 0.25) is 0 Å². The Hall–Kier alpha value is -2.82. The topological polar surface area (TPSA) is 94.9 Å². The van der Waals surface area contributed by atoms with Crippen molar-refractivity contribution in [3.63, 3.8) is 0 Å². The smallest absolute Gasteiger partial charge is 0.200 e. The molecule has 2 saturated heterocycles. The molecule has 2 aromatic rings. The molecule has 31 heavy (non-hydrogen) atoms. The molecule has 2 fully saturated rings. The Morgan fingerprint density at radius 3 is 2.61 bits per heavy atom. The standard InChI is InChI=1S/C20H18F3N3O5/c1-27-20-16(25-26-24)18(29-13-8-11(21)7-12(22)15(13)23)17-14(30-20)9-28-19(31-17)10-5-3-2-4-6-10/h2-8,14,16-20H,9H2,1H3/t14-,16-,17-,18-,19?,20-/m1/s1. The van der Waals surface area contributed by atoms with Gasteiger partial charge in [0.05, 0.1) is 6.61 Å². The van der Waals surface area contributed by atoms with Crippen molar-refractivity contribution in [2.75, 3.05) is 13.7 Å². The second-order valence-corrected chi connectivity index (χ2v) is 6.93. The van der Waals surface area contributed by atoms with E-state index in [2.05, 4.69) is 10.0 Å². The van der Waals surface area contributed by atoms with Gasteiger partial charge in [-0.1, -0.05) is 35.4 Å². The number of methoxy groups -OCH3 is 1. The van der Waals surface area contributed by atoms with Gasteiger partial charge in [-0.25, -0.2) is 8.78 Å². The van der Waals surface area contributed by atoms with Crippen molar-refractivity contribution in [3.05, 3.63) is 75.9 Å². The third kappa shape index (κ3) is 4.32. The summed E-state index contributed by atoms with van der Waals surface area (Å²) >= 11 is 0. The molecule has 0 amide bonds. The van der Waals surface area contributed by atoms with E-state index in [9.17, 15) is 13.2 Å². The van der Waals surface area contributed by atoms with Crippen molar-refractivity contribution in [2.45, 2.75) is 36.9 Å². The molecule has 2 heterocycles. The monoisotopic (exact) mass is 437 g/mol. The third-order valence-corrected chi connectivity index (χ3v) is 5.02. The summed E-state index contributed by atoms with van der Waals surface area (Å²) in [5, 5.41) is 3.65. The van der Waals surface area contributed by atoms with Gasteiger partial charge in [-0.2, -0.15) is 4.39 Å². The van der Waals surface area contributed by atoms with Crippen LogP contribution in [0.25, 0.3) is 10.4 Å². The summed E-state index contributed by atoms with van der Waals surface area (Å²) in [6.07, 6.45) is -4.74. The molecule has 0 aromatic heterocycles. The van der Waals surface area contributed by atoms with Gasteiger partial charge in [-0.3, -0.25) is 0 Å². The molecule has 0 aliphatic carbocycles. The second kappa shape index (κ2) is 9.13. The summed E-state index contributed by atoms with van der Waals surface area (Å²) < 4.78 is 70.1. The van der Waals surface area contributed by atoms with E-state index < -0.39 is 60.1 Å². The summed E-state index contributed by atoms with van der Waals surface area (Å²) in [7, 11) is 1.32. The van der Waals surface area contributed by atoms with E-state index in [0.29, 0.717) is 17.7 Å². The average molecular weight is 437 g/mol. The van der Waals surface area contributed by atoms with Crippen LogP contribution in [-0.4, -0.2) is 44.4 Å². The number of hydrogen-bond acceptors (Lipinski definition) is 6. The van der Waals surface area contributed by atoms with Crippen molar-refractivity contribution in [2.24, 2.45) is 5.11 Å². The zero-order valence-electron chi connectivity index (χ0n) is 16.2. The fourth-order valence-electron chi connectivity index (χ4n) is 3.62. The predicted molar refractivity (Wildman–Crippen MR) is 99.3 cm³/mol. The van der Waals surface area contributed by atoms with Crippen molar-refractivity contribution in [3.8, 4) is 5.75 Å². The fourth-order valence-corrected chi connectivity index (χ4v) is 3.62. The van der Waals surface area contributed by atoms with Crippen LogP contribution in [-0.2, 0) is 18.9 Å². The Morgan fingerprint density at radius 1 is 1.13 bits per heavy atom. The highest BCUT2D eigenvalue weighted by atomic mass is 19.2. The van der Waals surface area contributed by atoms with E-state index in [4.69, 9.17) is 29.2 Å². The van der Waals surface area contributed by atoms with E-state index in [0.717, 1.165) is 0 Å². The molecule has 1 unspecified atom stereocenters. The van der Waals surface area contributed by atoms with Crippen LogP contribution < -0.4 is 4.74 Å². The number of hydrogen-bond donors (Lipinski definition) is 0. The molecular weight excluding hydrogens is 419 g/mol. The zero-order valence-corrected chi connectivity index (χ0v) is 16.2. The van der Waals surface area contributed by atoms with Gasteiger partial charge in [0.1, 0.15) is 30.2 Å². The Morgan fingerprint density at radius 2 is 1.90 bits per heavy atom. The van der Waals surface area contributed by atoms with Crippen LogP contribution in [0.15, 0.2) is 47.6 Å². The lowest BCUT2D eigenvalue weighted by molar-refractivity contribution is -0.336.